The van der Waals surface area contributed by atoms with Crippen molar-refractivity contribution in [3.05, 3.63) is 65.5 Å². The standard InChI is InChI=1S/C23H29FN2O2/c1-4-12-25-22(27)15-19-6-5-7-21(14-19)26(23(28)13-17(2)3)16-18-8-10-20(24)11-9-18/h5-11,14,17H,4,12-13,15-16H2,1-3H3,(H,25,27). The number of nitrogens with one attached hydrogen (secondary N) is 1. The monoisotopic (exact) mass is 384 g/mol. The molecule has 0 bridgehead atoms. The molecule has 0 aromatic heterocycles. The van der Waals surface area contributed by atoms with Gasteiger partial charge in [-0.05, 0) is 47.7 Å². The Hall–Kier alpha value is -2.69. The van der Waals surface area contributed by atoms with Crippen molar-refractivity contribution in [2.24, 2.45) is 5.92 Å². The van der Waals surface area contributed by atoms with Crippen LogP contribution in [-0.4, -0.2) is 18.4 Å². The van der Waals surface area contributed by atoms with Crippen LogP contribution in [0.25, 0.3) is 0 Å². The molecule has 0 heterocycles. The molecule has 2 aromatic carbocycles. The van der Waals surface area contributed by atoms with Crippen molar-refractivity contribution < 1.29 is 14.0 Å². The van der Waals surface area contributed by atoms with E-state index >= 15 is 0 Å². The van der Waals surface area contributed by atoms with Crippen molar-refractivity contribution >= 4 is 17.5 Å². The lowest BCUT2D eigenvalue weighted by Crippen LogP contribution is -2.31. The molecule has 0 aliphatic carbocycles. The van der Waals surface area contributed by atoms with Gasteiger partial charge in [-0.2, -0.15) is 0 Å². The van der Waals surface area contributed by atoms with Crippen molar-refractivity contribution in [3.8, 4) is 0 Å². The molecule has 2 rings (SSSR count). The molecular weight excluding hydrogens is 355 g/mol. The minimum Gasteiger partial charge on any atom is -0.356 e. The molecule has 28 heavy (non-hydrogen) atoms. The average molecular weight is 384 g/mol. The van der Waals surface area contributed by atoms with Gasteiger partial charge in [-0.3, -0.25) is 9.59 Å². The zero-order valence-corrected chi connectivity index (χ0v) is 16.9. The van der Waals surface area contributed by atoms with Gasteiger partial charge >= 0.3 is 0 Å². The summed E-state index contributed by atoms with van der Waals surface area (Å²) in [6, 6.07) is 13.7. The third-order valence-corrected chi connectivity index (χ3v) is 4.30. The number of carbonyl (C=O) groups excluding carboxylic acids is 2. The summed E-state index contributed by atoms with van der Waals surface area (Å²) in [6.07, 6.45) is 1.58. The van der Waals surface area contributed by atoms with E-state index < -0.39 is 0 Å². The maximum absolute atomic E-state index is 13.2. The van der Waals surface area contributed by atoms with Gasteiger partial charge in [-0.1, -0.05) is 45.0 Å². The minimum absolute atomic E-state index is 0.00640. The normalized spacial score (nSPS) is 10.8. The molecule has 0 atom stereocenters. The van der Waals surface area contributed by atoms with Crippen LogP contribution in [0.15, 0.2) is 48.5 Å². The first-order valence-electron chi connectivity index (χ1n) is 9.79. The number of amides is 2. The van der Waals surface area contributed by atoms with Gasteiger partial charge in [0.2, 0.25) is 11.8 Å². The number of carbonyl (C=O) groups is 2. The second-order valence-corrected chi connectivity index (χ2v) is 7.40. The number of hydrogen-bond donors (Lipinski definition) is 1. The fraction of sp³-hybridized carbons (Fsp3) is 0.391. The van der Waals surface area contributed by atoms with Gasteiger partial charge in [0.15, 0.2) is 0 Å². The smallest absolute Gasteiger partial charge is 0.227 e. The van der Waals surface area contributed by atoms with Crippen LogP contribution in [0.5, 0.6) is 0 Å². The maximum Gasteiger partial charge on any atom is 0.227 e. The van der Waals surface area contributed by atoms with Gasteiger partial charge < -0.3 is 10.2 Å². The van der Waals surface area contributed by atoms with Crippen LogP contribution in [0.2, 0.25) is 0 Å². The van der Waals surface area contributed by atoms with Crippen molar-refractivity contribution in [2.75, 3.05) is 11.4 Å². The second-order valence-electron chi connectivity index (χ2n) is 7.40. The highest BCUT2D eigenvalue weighted by atomic mass is 19.1. The Kier molecular flexibility index (Phi) is 8.18. The van der Waals surface area contributed by atoms with Crippen LogP contribution in [0.4, 0.5) is 10.1 Å². The van der Waals surface area contributed by atoms with Crippen LogP contribution in [0.1, 0.15) is 44.7 Å². The van der Waals surface area contributed by atoms with E-state index in [1.54, 1.807) is 17.0 Å². The van der Waals surface area contributed by atoms with Crippen molar-refractivity contribution in [3.63, 3.8) is 0 Å². The van der Waals surface area contributed by atoms with E-state index in [0.29, 0.717) is 19.5 Å². The fourth-order valence-corrected chi connectivity index (χ4v) is 2.90. The van der Waals surface area contributed by atoms with E-state index in [1.165, 1.54) is 12.1 Å². The summed E-state index contributed by atoms with van der Waals surface area (Å²) in [5.41, 5.74) is 2.45. The van der Waals surface area contributed by atoms with Crippen LogP contribution >= 0.6 is 0 Å². The molecule has 0 saturated carbocycles. The summed E-state index contributed by atoms with van der Waals surface area (Å²) in [6.45, 7) is 7.03. The summed E-state index contributed by atoms with van der Waals surface area (Å²) in [4.78, 5) is 26.6. The molecule has 0 fully saturated rings. The molecule has 0 aliphatic rings. The number of hydrogen-bond acceptors (Lipinski definition) is 2. The molecule has 0 spiro atoms. The van der Waals surface area contributed by atoms with Crippen LogP contribution in [-0.2, 0) is 22.6 Å². The first kappa shape index (κ1) is 21.6. The van der Waals surface area contributed by atoms with Gasteiger partial charge in [0.05, 0.1) is 13.0 Å². The predicted molar refractivity (Wildman–Crippen MR) is 110 cm³/mol. The molecule has 150 valence electrons. The molecule has 1 N–H and O–H groups in total. The van der Waals surface area contributed by atoms with Gasteiger partial charge in [0.25, 0.3) is 0 Å². The van der Waals surface area contributed by atoms with Crippen LogP contribution in [0.3, 0.4) is 0 Å². The molecule has 0 aliphatic heterocycles. The summed E-state index contributed by atoms with van der Waals surface area (Å²) >= 11 is 0. The van der Waals surface area contributed by atoms with Gasteiger partial charge in [-0.25, -0.2) is 4.39 Å². The number of halogens is 1. The lowest BCUT2D eigenvalue weighted by atomic mass is 10.1. The van der Waals surface area contributed by atoms with E-state index in [4.69, 9.17) is 0 Å². The van der Waals surface area contributed by atoms with E-state index in [-0.39, 0.29) is 30.0 Å². The third-order valence-electron chi connectivity index (χ3n) is 4.30. The van der Waals surface area contributed by atoms with Crippen LogP contribution in [0, 0.1) is 11.7 Å². The molecule has 0 saturated heterocycles. The van der Waals surface area contributed by atoms with Crippen molar-refractivity contribution in [1.82, 2.24) is 5.32 Å². The van der Waals surface area contributed by atoms with E-state index in [9.17, 15) is 14.0 Å². The van der Waals surface area contributed by atoms with Crippen molar-refractivity contribution in [1.29, 1.82) is 0 Å². The average Bonchev–Trinajstić information content (AvgIpc) is 2.65. The summed E-state index contributed by atoms with van der Waals surface area (Å²) in [5, 5.41) is 2.87. The quantitative estimate of drug-likeness (QED) is 0.693. The fourth-order valence-electron chi connectivity index (χ4n) is 2.90. The Morgan fingerprint density at radius 2 is 1.79 bits per heavy atom. The Labute approximate surface area is 166 Å². The number of anilines is 1. The van der Waals surface area contributed by atoms with Crippen LogP contribution < -0.4 is 10.2 Å². The van der Waals surface area contributed by atoms with Gasteiger partial charge in [0, 0.05) is 18.7 Å². The summed E-state index contributed by atoms with van der Waals surface area (Å²) < 4.78 is 13.2. The molecule has 2 amide bonds. The highest BCUT2D eigenvalue weighted by Gasteiger charge is 2.18. The Morgan fingerprint density at radius 1 is 1.07 bits per heavy atom. The molecule has 5 heteroatoms. The molecule has 0 radical (unpaired) electrons. The van der Waals surface area contributed by atoms with E-state index in [1.807, 2.05) is 45.0 Å². The summed E-state index contributed by atoms with van der Waals surface area (Å²) in [5.74, 6) is -0.0976. The Morgan fingerprint density at radius 3 is 2.43 bits per heavy atom. The minimum atomic E-state index is -0.302. The summed E-state index contributed by atoms with van der Waals surface area (Å²) in [7, 11) is 0. The first-order chi connectivity index (χ1) is 13.4. The highest BCUT2D eigenvalue weighted by molar-refractivity contribution is 5.93. The van der Waals surface area contributed by atoms with E-state index in [2.05, 4.69) is 5.32 Å². The van der Waals surface area contributed by atoms with E-state index in [0.717, 1.165) is 23.2 Å². The van der Waals surface area contributed by atoms with Crippen molar-refractivity contribution in [2.45, 2.75) is 46.6 Å². The zero-order valence-electron chi connectivity index (χ0n) is 16.9. The first-order valence-corrected chi connectivity index (χ1v) is 9.79. The molecule has 2 aromatic rings. The lowest BCUT2D eigenvalue weighted by Gasteiger charge is -2.24. The Bertz CT molecular complexity index is 787. The molecule has 4 nitrogen and oxygen atoms in total. The van der Waals surface area contributed by atoms with Gasteiger partial charge in [0.1, 0.15) is 5.82 Å². The number of rotatable bonds is 9. The SMILES string of the molecule is CCCNC(=O)Cc1cccc(N(Cc2ccc(F)cc2)C(=O)CC(C)C)c1. The molecule has 0 unspecified atom stereocenters. The number of benzene rings is 2. The zero-order chi connectivity index (χ0) is 20.5. The maximum atomic E-state index is 13.2. The highest BCUT2D eigenvalue weighted by Crippen LogP contribution is 2.22. The molecular formula is C23H29FN2O2. The topological polar surface area (TPSA) is 49.4 Å². The van der Waals surface area contributed by atoms with Gasteiger partial charge in [-0.15, -0.1) is 0 Å². The lowest BCUT2D eigenvalue weighted by molar-refractivity contribution is -0.120. The second kappa shape index (κ2) is 10.6. The number of nitrogens with zero attached hydrogens (tertiary/aromatic N) is 1. The Balaban J connectivity index is 2.24. The largest absolute Gasteiger partial charge is 0.356 e. The third kappa shape index (κ3) is 6.80. The predicted octanol–water partition coefficient (Wildman–Crippen LogP) is 4.47.